The summed E-state index contributed by atoms with van der Waals surface area (Å²) in [4.78, 5) is 4.43. The Morgan fingerprint density at radius 1 is 1.26 bits per heavy atom. The van der Waals surface area contributed by atoms with Crippen molar-refractivity contribution in [3.63, 3.8) is 0 Å². The highest BCUT2D eigenvalue weighted by atomic mass is 32.2. The summed E-state index contributed by atoms with van der Waals surface area (Å²) in [5.41, 5.74) is 1.03. The fraction of sp³-hybridized carbons (Fsp3) is 0.533. The molecule has 0 aromatic heterocycles. The van der Waals surface area contributed by atoms with Crippen LogP contribution in [0.25, 0.3) is 0 Å². The Bertz CT molecular complexity index is 429. The van der Waals surface area contributed by atoms with Crippen LogP contribution in [0.4, 0.5) is 0 Å². The second kappa shape index (κ2) is 8.10. The zero-order chi connectivity index (χ0) is 14.3. The summed E-state index contributed by atoms with van der Waals surface area (Å²) < 4.78 is 17.4. The summed E-state index contributed by atoms with van der Waals surface area (Å²) in [6, 6.07) is 9.89. The summed E-state index contributed by atoms with van der Waals surface area (Å²) in [5, 5.41) is 0.344. The third-order valence-electron chi connectivity index (χ3n) is 2.65. The second-order valence-electron chi connectivity index (χ2n) is 5.05. The molecule has 106 valence electrons. The smallest absolute Gasteiger partial charge is 0.277 e. The Hall–Kier alpha value is -1.16. The number of rotatable bonds is 5. The quantitative estimate of drug-likeness (QED) is 0.613. The fourth-order valence-corrected chi connectivity index (χ4v) is 3.01. The first-order valence-corrected chi connectivity index (χ1v) is 7.89. The van der Waals surface area contributed by atoms with E-state index < -0.39 is 10.8 Å². The Labute approximate surface area is 118 Å². The molecule has 19 heavy (non-hydrogen) atoms. The molecule has 0 aliphatic carbocycles. The molecule has 1 aromatic carbocycles. The molecule has 0 saturated carbocycles. The van der Waals surface area contributed by atoms with E-state index in [1.54, 1.807) is 0 Å². The third-order valence-corrected chi connectivity index (χ3v) is 3.91. The predicted molar refractivity (Wildman–Crippen MR) is 81.6 cm³/mol. The van der Waals surface area contributed by atoms with Crippen LogP contribution in [0.15, 0.2) is 35.3 Å². The molecule has 3 nitrogen and oxygen atoms in total. The van der Waals surface area contributed by atoms with Gasteiger partial charge in [0.1, 0.15) is 10.8 Å². The molecule has 2 unspecified atom stereocenters. The molecule has 0 saturated heterocycles. The standard InChI is InChI=1S/C15H23NO2S/c1-12(2)10-13(3)16-15(18-4)19(17)11-14-8-6-5-7-9-14/h5-9,12-13H,10-11H2,1-4H3. The van der Waals surface area contributed by atoms with Crippen molar-refractivity contribution < 1.29 is 8.95 Å². The molecule has 0 aliphatic rings. The SMILES string of the molecule is COC(=NC(C)CC(C)C)S(=O)Cc1ccccc1. The van der Waals surface area contributed by atoms with Crippen molar-refractivity contribution in [2.45, 2.75) is 39.0 Å². The van der Waals surface area contributed by atoms with Crippen molar-refractivity contribution in [2.75, 3.05) is 7.11 Å². The average molecular weight is 281 g/mol. The number of methoxy groups -OCH3 is 1. The monoisotopic (exact) mass is 281 g/mol. The van der Waals surface area contributed by atoms with Crippen LogP contribution in [-0.2, 0) is 21.3 Å². The highest BCUT2D eigenvalue weighted by Gasteiger charge is 2.13. The third kappa shape index (κ3) is 6.01. The molecule has 0 bridgehead atoms. The number of hydrogen-bond acceptors (Lipinski definition) is 3. The highest BCUT2D eigenvalue weighted by Crippen LogP contribution is 2.10. The Kier molecular flexibility index (Phi) is 6.78. The van der Waals surface area contributed by atoms with Crippen LogP contribution >= 0.6 is 0 Å². The summed E-state index contributed by atoms with van der Waals surface area (Å²) in [6.45, 7) is 6.33. The first kappa shape index (κ1) is 15.9. The van der Waals surface area contributed by atoms with Crippen molar-refractivity contribution in [3.8, 4) is 0 Å². The molecular formula is C15H23NO2S. The van der Waals surface area contributed by atoms with E-state index in [9.17, 15) is 4.21 Å². The van der Waals surface area contributed by atoms with Crippen LogP contribution in [0.1, 0.15) is 32.8 Å². The predicted octanol–water partition coefficient (Wildman–Crippen LogP) is 3.37. The van der Waals surface area contributed by atoms with E-state index in [0.717, 1.165) is 12.0 Å². The van der Waals surface area contributed by atoms with Crippen molar-refractivity contribution in [1.82, 2.24) is 0 Å². The van der Waals surface area contributed by atoms with Crippen LogP contribution in [0.2, 0.25) is 0 Å². The maximum atomic E-state index is 12.2. The molecule has 2 atom stereocenters. The van der Waals surface area contributed by atoms with Gasteiger partial charge in [-0.25, -0.2) is 9.20 Å². The van der Waals surface area contributed by atoms with Crippen molar-refractivity contribution in [1.29, 1.82) is 0 Å². The maximum Gasteiger partial charge on any atom is 0.277 e. The molecule has 0 spiro atoms. The molecule has 0 N–H and O–H groups in total. The first-order chi connectivity index (χ1) is 9.02. The van der Waals surface area contributed by atoms with Crippen LogP contribution < -0.4 is 0 Å². The van der Waals surface area contributed by atoms with Gasteiger partial charge in [-0.3, -0.25) is 0 Å². The number of ether oxygens (including phenoxy) is 1. The van der Waals surface area contributed by atoms with Crippen molar-refractivity contribution >= 4 is 16.0 Å². The minimum Gasteiger partial charge on any atom is -0.475 e. The average Bonchev–Trinajstić information content (AvgIpc) is 2.36. The van der Waals surface area contributed by atoms with Crippen LogP contribution in [0.5, 0.6) is 0 Å². The van der Waals surface area contributed by atoms with E-state index in [1.165, 1.54) is 7.11 Å². The van der Waals surface area contributed by atoms with E-state index in [1.807, 2.05) is 37.3 Å². The number of benzene rings is 1. The fourth-order valence-electron chi connectivity index (χ4n) is 1.91. The minimum absolute atomic E-state index is 0.134. The largest absolute Gasteiger partial charge is 0.475 e. The van der Waals surface area contributed by atoms with Crippen LogP contribution in [0.3, 0.4) is 0 Å². The van der Waals surface area contributed by atoms with Gasteiger partial charge in [0.15, 0.2) is 0 Å². The molecule has 1 rings (SSSR count). The second-order valence-corrected chi connectivity index (χ2v) is 6.38. The van der Waals surface area contributed by atoms with E-state index in [0.29, 0.717) is 16.9 Å². The zero-order valence-electron chi connectivity index (χ0n) is 12.1. The lowest BCUT2D eigenvalue weighted by molar-refractivity contribution is 0.404. The Balaban J connectivity index is 2.68. The minimum atomic E-state index is -1.22. The van der Waals surface area contributed by atoms with E-state index in [-0.39, 0.29) is 6.04 Å². The van der Waals surface area contributed by atoms with Gasteiger partial charge in [-0.1, -0.05) is 44.2 Å². The lowest BCUT2D eigenvalue weighted by atomic mass is 10.1. The van der Waals surface area contributed by atoms with E-state index in [4.69, 9.17) is 4.74 Å². The molecule has 0 aliphatic heterocycles. The Morgan fingerprint density at radius 2 is 1.89 bits per heavy atom. The van der Waals surface area contributed by atoms with E-state index >= 15 is 0 Å². The van der Waals surface area contributed by atoms with Crippen molar-refractivity contribution in [3.05, 3.63) is 35.9 Å². The lowest BCUT2D eigenvalue weighted by Gasteiger charge is -2.11. The molecule has 1 aromatic rings. The number of hydrogen-bond donors (Lipinski definition) is 0. The molecule has 0 radical (unpaired) electrons. The normalized spacial score (nSPS) is 15.3. The van der Waals surface area contributed by atoms with Crippen molar-refractivity contribution in [2.24, 2.45) is 10.9 Å². The van der Waals surface area contributed by atoms with Crippen LogP contribution in [0, 0.1) is 5.92 Å². The van der Waals surface area contributed by atoms with Gasteiger partial charge in [0.25, 0.3) is 5.23 Å². The van der Waals surface area contributed by atoms with Gasteiger partial charge >= 0.3 is 0 Å². The number of nitrogens with zero attached hydrogens (tertiary/aromatic N) is 1. The maximum absolute atomic E-state index is 12.2. The number of aliphatic imine (C=N–C) groups is 1. The topological polar surface area (TPSA) is 38.7 Å². The lowest BCUT2D eigenvalue weighted by Crippen LogP contribution is -2.16. The highest BCUT2D eigenvalue weighted by molar-refractivity contribution is 7.99. The summed E-state index contributed by atoms with van der Waals surface area (Å²) in [5.74, 6) is 1.02. The summed E-state index contributed by atoms with van der Waals surface area (Å²) in [7, 11) is 0.315. The molecule has 0 amide bonds. The van der Waals surface area contributed by atoms with Gasteiger partial charge in [0, 0.05) is 0 Å². The zero-order valence-corrected chi connectivity index (χ0v) is 12.9. The Morgan fingerprint density at radius 3 is 2.42 bits per heavy atom. The van der Waals surface area contributed by atoms with Crippen LogP contribution in [-0.4, -0.2) is 22.6 Å². The van der Waals surface area contributed by atoms with Gasteiger partial charge < -0.3 is 4.74 Å². The van der Waals surface area contributed by atoms with Gasteiger partial charge in [-0.15, -0.1) is 0 Å². The van der Waals surface area contributed by atoms with E-state index in [2.05, 4.69) is 18.8 Å². The summed E-state index contributed by atoms with van der Waals surface area (Å²) >= 11 is 0. The molecule has 0 heterocycles. The summed E-state index contributed by atoms with van der Waals surface area (Å²) in [6.07, 6.45) is 0.968. The molecular weight excluding hydrogens is 258 g/mol. The molecule has 4 heteroatoms. The van der Waals surface area contributed by atoms with Gasteiger partial charge in [0.2, 0.25) is 0 Å². The first-order valence-electron chi connectivity index (χ1n) is 6.57. The molecule has 0 fully saturated rings. The van der Waals surface area contributed by atoms with Gasteiger partial charge in [-0.2, -0.15) is 0 Å². The van der Waals surface area contributed by atoms with Gasteiger partial charge in [-0.05, 0) is 24.8 Å². The van der Waals surface area contributed by atoms with Gasteiger partial charge in [0.05, 0.1) is 18.9 Å².